The number of halogens is 1. The molecule has 3 aliphatic heterocycles. The van der Waals surface area contributed by atoms with Crippen molar-refractivity contribution in [1.82, 2.24) is 20.0 Å². The zero-order valence-corrected chi connectivity index (χ0v) is 24.4. The van der Waals surface area contributed by atoms with E-state index in [1.807, 2.05) is 35.2 Å². The molecule has 2 atom stereocenters. The molecule has 10 heteroatoms. The molecule has 2 aromatic rings. The van der Waals surface area contributed by atoms with Crippen LogP contribution in [0.2, 0.25) is 0 Å². The van der Waals surface area contributed by atoms with Gasteiger partial charge in [-0.1, -0.05) is 42.5 Å². The molecule has 0 aliphatic carbocycles. The summed E-state index contributed by atoms with van der Waals surface area (Å²) >= 11 is 0. The summed E-state index contributed by atoms with van der Waals surface area (Å²) in [5.74, 6) is -1.16. The first-order valence-corrected chi connectivity index (χ1v) is 14.6. The third-order valence-electron chi connectivity index (χ3n) is 8.32. The fraction of sp³-hybridized carbons (Fsp3) is 0.469. The van der Waals surface area contributed by atoms with E-state index in [1.165, 1.54) is 12.1 Å². The van der Waals surface area contributed by atoms with Crippen molar-refractivity contribution in [2.75, 3.05) is 39.3 Å². The predicted molar refractivity (Wildman–Crippen MR) is 156 cm³/mol. The summed E-state index contributed by atoms with van der Waals surface area (Å²) in [6, 6.07) is 14.9. The average Bonchev–Trinajstić information content (AvgIpc) is 3.59. The number of carbonyl (C=O) groups is 3. The second kappa shape index (κ2) is 12.2. The van der Waals surface area contributed by atoms with Crippen molar-refractivity contribution in [1.29, 1.82) is 0 Å². The summed E-state index contributed by atoms with van der Waals surface area (Å²) in [6.07, 6.45) is 4.20. The van der Waals surface area contributed by atoms with E-state index in [9.17, 15) is 18.8 Å². The van der Waals surface area contributed by atoms with Crippen LogP contribution >= 0.6 is 0 Å². The molecule has 0 aromatic heterocycles. The Labute approximate surface area is 246 Å². The lowest BCUT2D eigenvalue weighted by molar-refractivity contribution is -0.147. The van der Waals surface area contributed by atoms with E-state index in [-0.39, 0.29) is 37.4 Å². The summed E-state index contributed by atoms with van der Waals surface area (Å²) in [5.41, 5.74) is 6.78. The zero-order chi connectivity index (χ0) is 29.9. The monoisotopic (exact) mass is 577 g/mol. The van der Waals surface area contributed by atoms with Crippen LogP contribution in [0.5, 0.6) is 0 Å². The smallest absolute Gasteiger partial charge is 0.249 e. The molecule has 2 aromatic carbocycles. The zero-order valence-electron chi connectivity index (χ0n) is 24.4. The van der Waals surface area contributed by atoms with Crippen molar-refractivity contribution >= 4 is 17.7 Å². The number of likely N-dealkylation sites (tertiary alicyclic amines) is 1. The quantitative estimate of drug-likeness (QED) is 0.449. The number of nitrogens with two attached hydrogens (primary N) is 1. The second-order valence-corrected chi connectivity index (χ2v) is 12.1. The second-order valence-electron chi connectivity index (χ2n) is 12.1. The fourth-order valence-electron chi connectivity index (χ4n) is 6.11. The molecule has 3 heterocycles. The van der Waals surface area contributed by atoms with Crippen LogP contribution in [0.4, 0.5) is 4.39 Å². The molecule has 0 saturated carbocycles. The van der Waals surface area contributed by atoms with Gasteiger partial charge in [0.05, 0.1) is 25.3 Å². The van der Waals surface area contributed by atoms with Crippen molar-refractivity contribution < 1.29 is 23.5 Å². The molecule has 1 unspecified atom stereocenters. The molecule has 3 N–H and O–H groups in total. The number of amides is 3. The molecular weight excluding hydrogens is 537 g/mol. The lowest BCUT2D eigenvalue weighted by Crippen LogP contribution is -2.67. The Hall–Kier alpha value is -3.76. The number of nitrogens with one attached hydrogen (secondary N) is 1. The summed E-state index contributed by atoms with van der Waals surface area (Å²) in [6.45, 7) is 5.99. The van der Waals surface area contributed by atoms with E-state index in [4.69, 9.17) is 10.5 Å². The summed E-state index contributed by atoms with van der Waals surface area (Å²) in [7, 11) is 0. The first kappa shape index (κ1) is 29.7. The van der Waals surface area contributed by atoms with E-state index < -0.39 is 23.0 Å². The van der Waals surface area contributed by atoms with Gasteiger partial charge in [-0.05, 0) is 49.9 Å². The molecule has 42 heavy (non-hydrogen) atoms. The van der Waals surface area contributed by atoms with Gasteiger partial charge in [-0.15, -0.1) is 0 Å². The maximum Gasteiger partial charge on any atom is 0.249 e. The number of piperazine rings is 1. The Morgan fingerprint density at radius 3 is 2.38 bits per heavy atom. The van der Waals surface area contributed by atoms with E-state index in [2.05, 4.69) is 10.2 Å². The number of carbonyl (C=O) groups excluding carboxylic acids is 3. The normalized spacial score (nSPS) is 21.3. The number of rotatable bonds is 10. The van der Waals surface area contributed by atoms with Gasteiger partial charge in [0.15, 0.2) is 0 Å². The van der Waals surface area contributed by atoms with Crippen LogP contribution in [0.3, 0.4) is 0 Å². The van der Waals surface area contributed by atoms with Gasteiger partial charge in [0, 0.05) is 44.4 Å². The Balaban J connectivity index is 1.42. The van der Waals surface area contributed by atoms with Crippen molar-refractivity contribution in [2.45, 2.75) is 56.8 Å². The third-order valence-corrected chi connectivity index (χ3v) is 8.32. The first-order chi connectivity index (χ1) is 20.1. The lowest BCUT2D eigenvalue weighted by Gasteiger charge is -2.50. The standard InChI is InChI=1S/C32H40FN5O4/c1-31(2,34)30(41)35-26(21-42-20-24-8-4-3-5-9-24)29(40)37-16-17-38-28(39)18-27(36-14-6-7-15-36)32(38,22-37)19-23-10-12-25(33)13-11-23/h3-5,8-13,18,26H,6-7,14-17,19-22,34H2,1-2H3,(H,35,41)/t26-,32?/m1/s1. The molecule has 0 spiro atoms. The number of benzene rings is 2. The van der Waals surface area contributed by atoms with Crippen LogP contribution in [0.25, 0.3) is 0 Å². The molecule has 0 radical (unpaired) electrons. The molecule has 0 bridgehead atoms. The largest absolute Gasteiger partial charge is 0.374 e. The number of ether oxygens (including phenoxy) is 1. The molecule has 3 aliphatic rings. The van der Waals surface area contributed by atoms with Gasteiger partial charge in [0.1, 0.15) is 17.4 Å². The minimum atomic E-state index is -1.19. The van der Waals surface area contributed by atoms with Gasteiger partial charge in [-0.25, -0.2) is 4.39 Å². The summed E-state index contributed by atoms with van der Waals surface area (Å²) < 4.78 is 19.7. The molecule has 224 valence electrons. The van der Waals surface area contributed by atoms with Gasteiger partial charge < -0.3 is 30.5 Å². The number of nitrogens with zero attached hydrogens (tertiary/aromatic N) is 3. The SMILES string of the molecule is CC(C)(N)C(=O)N[C@H](COCc1ccccc1)C(=O)N1CCN2C(=O)C=C(N3CCCC3)C2(Cc2ccc(F)cc2)C1. The van der Waals surface area contributed by atoms with E-state index in [0.29, 0.717) is 19.5 Å². The topological polar surface area (TPSA) is 108 Å². The number of fused-ring (bicyclic) bond motifs is 1. The maximum absolute atomic E-state index is 14.1. The Kier molecular flexibility index (Phi) is 8.65. The highest BCUT2D eigenvalue weighted by Crippen LogP contribution is 2.41. The minimum Gasteiger partial charge on any atom is -0.374 e. The predicted octanol–water partition coefficient (Wildman–Crippen LogP) is 2.21. The highest BCUT2D eigenvalue weighted by atomic mass is 19.1. The highest BCUT2D eigenvalue weighted by molar-refractivity contribution is 5.94. The van der Waals surface area contributed by atoms with Crippen LogP contribution < -0.4 is 11.1 Å². The Bertz CT molecular complexity index is 1320. The van der Waals surface area contributed by atoms with Gasteiger partial charge >= 0.3 is 0 Å². The summed E-state index contributed by atoms with van der Waals surface area (Å²) in [5, 5.41) is 2.82. The van der Waals surface area contributed by atoms with Crippen molar-refractivity contribution in [3.05, 3.63) is 83.3 Å². The molecule has 5 rings (SSSR count). The van der Waals surface area contributed by atoms with Crippen molar-refractivity contribution in [3.63, 3.8) is 0 Å². The number of hydrogen-bond donors (Lipinski definition) is 2. The lowest BCUT2D eigenvalue weighted by atomic mass is 9.84. The van der Waals surface area contributed by atoms with E-state index >= 15 is 0 Å². The average molecular weight is 578 g/mol. The molecule has 9 nitrogen and oxygen atoms in total. The maximum atomic E-state index is 14.1. The Morgan fingerprint density at radius 2 is 1.71 bits per heavy atom. The van der Waals surface area contributed by atoms with E-state index in [0.717, 1.165) is 42.8 Å². The van der Waals surface area contributed by atoms with Crippen LogP contribution in [-0.4, -0.2) is 88.9 Å². The highest BCUT2D eigenvalue weighted by Gasteiger charge is 2.54. The van der Waals surface area contributed by atoms with Crippen LogP contribution in [-0.2, 0) is 32.1 Å². The van der Waals surface area contributed by atoms with Gasteiger partial charge in [-0.3, -0.25) is 14.4 Å². The molecule has 2 fully saturated rings. The van der Waals surface area contributed by atoms with E-state index in [1.54, 1.807) is 37.0 Å². The van der Waals surface area contributed by atoms with Crippen molar-refractivity contribution in [2.24, 2.45) is 5.73 Å². The van der Waals surface area contributed by atoms with Gasteiger partial charge in [0.2, 0.25) is 17.7 Å². The first-order valence-electron chi connectivity index (χ1n) is 14.6. The van der Waals surface area contributed by atoms with Crippen LogP contribution in [0.15, 0.2) is 66.4 Å². The van der Waals surface area contributed by atoms with Crippen LogP contribution in [0.1, 0.15) is 37.8 Å². The van der Waals surface area contributed by atoms with Gasteiger partial charge in [-0.2, -0.15) is 0 Å². The third kappa shape index (κ3) is 6.34. The number of hydrogen-bond acceptors (Lipinski definition) is 6. The Morgan fingerprint density at radius 1 is 1.02 bits per heavy atom. The van der Waals surface area contributed by atoms with Crippen molar-refractivity contribution in [3.8, 4) is 0 Å². The minimum absolute atomic E-state index is 0.0333. The van der Waals surface area contributed by atoms with Crippen LogP contribution in [0, 0.1) is 5.82 Å². The van der Waals surface area contributed by atoms with Gasteiger partial charge in [0.25, 0.3) is 0 Å². The molecular formula is C32H40FN5O4. The molecule has 2 saturated heterocycles. The fourth-order valence-corrected chi connectivity index (χ4v) is 6.11. The molecule has 3 amide bonds. The summed E-state index contributed by atoms with van der Waals surface area (Å²) in [4.78, 5) is 46.2.